The van der Waals surface area contributed by atoms with Crippen molar-refractivity contribution in [3.63, 3.8) is 0 Å². The molecular weight excluding hydrogens is 494 g/mol. The number of hydrogen-bond acceptors (Lipinski definition) is 8. The number of methoxy groups -OCH3 is 1. The second-order valence-electron chi connectivity index (χ2n) is 8.80. The Hall–Kier alpha value is -3.96. The molecule has 11 heteroatoms. The summed E-state index contributed by atoms with van der Waals surface area (Å²) < 4.78 is 38.0. The number of amides is 1. The fourth-order valence-electron chi connectivity index (χ4n) is 4.45. The van der Waals surface area contributed by atoms with Crippen molar-refractivity contribution >= 4 is 32.7 Å². The highest BCUT2D eigenvalue weighted by atomic mass is 32.2. The Morgan fingerprint density at radius 1 is 1.05 bits per heavy atom. The minimum atomic E-state index is -3.78. The molecule has 4 aromatic rings. The molecule has 192 valence electrons. The van der Waals surface area contributed by atoms with E-state index in [0.29, 0.717) is 36.0 Å². The number of fused-ring (bicyclic) bond motifs is 1. The third-order valence-electron chi connectivity index (χ3n) is 6.18. The van der Waals surface area contributed by atoms with Gasteiger partial charge in [-0.3, -0.25) is 4.79 Å². The SMILES string of the molecule is COc1cccc(-n2nc(C)c3c(-c4ccc(N5CCOCC5)cc4)cc(C(=O)NS(C)(=O)=O)nc32)c1. The number of ether oxygens (including phenoxy) is 2. The maximum Gasteiger partial charge on any atom is 0.283 e. The van der Waals surface area contributed by atoms with E-state index in [1.54, 1.807) is 17.9 Å². The molecule has 0 aliphatic carbocycles. The van der Waals surface area contributed by atoms with E-state index < -0.39 is 15.9 Å². The maximum atomic E-state index is 12.9. The monoisotopic (exact) mass is 521 g/mol. The summed E-state index contributed by atoms with van der Waals surface area (Å²) in [4.78, 5) is 19.7. The van der Waals surface area contributed by atoms with Crippen LogP contribution in [-0.4, -0.2) is 68.8 Å². The van der Waals surface area contributed by atoms with Crippen LogP contribution in [0.4, 0.5) is 5.69 Å². The van der Waals surface area contributed by atoms with Gasteiger partial charge in [0, 0.05) is 24.8 Å². The zero-order chi connectivity index (χ0) is 26.2. The molecule has 1 aliphatic heterocycles. The molecule has 0 atom stereocenters. The van der Waals surface area contributed by atoms with E-state index in [1.165, 1.54) is 0 Å². The zero-order valence-corrected chi connectivity index (χ0v) is 21.6. The number of rotatable bonds is 6. The number of pyridine rings is 1. The Morgan fingerprint density at radius 3 is 2.46 bits per heavy atom. The Morgan fingerprint density at radius 2 is 1.78 bits per heavy atom. The van der Waals surface area contributed by atoms with Crippen LogP contribution in [0.3, 0.4) is 0 Å². The van der Waals surface area contributed by atoms with Crippen molar-refractivity contribution < 1.29 is 22.7 Å². The van der Waals surface area contributed by atoms with Gasteiger partial charge in [-0.15, -0.1) is 0 Å². The van der Waals surface area contributed by atoms with Crippen LogP contribution in [0.1, 0.15) is 16.2 Å². The molecule has 1 fully saturated rings. The number of hydrogen-bond donors (Lipinski definition) is 1. The Kier molecular flexibility index (Phi) is 6.57. The van der Waals surface area contributed by atoms with Gasteiger partial charge in [0.05, 0.1) is 43.3 Å². The van der Waals surface area contributed by atoms with Gasteiger partial charge in [0.2, 0.25) is 10.0 Å². The van der Waals surface area contributed by atoms with E-state index in [2.05, 4.69) is 9.88 Å². The molecule has 0 spiro atoms. The molecule has 10 nitrogen and oxygen atoms in total. The van der Waals surface area contributed by atoms with Crippen LogP contribution in [0.2, 0.25) is 0 Å². The Labute approximate surface area is 214 Å². The molecule has 1 N–H and O–H groups in total. The molecule has 2 aromatic carbocycles. The lowest BCUT2D eigenvalue weighted by molar-refractivity contribution is 0.0977. The van der Waals surface area contributed by atoms with Gasteiger partial charge in [-0.05, 0) is 48.4 Å². The standard InChI is InChI=1S/C26H27N5O5S/c1-17-24-22(18-7-9-19(10-8-18)30-11-13-36-14-12-30)16-23(26(32)29-37(3,33)34)27-25(24)31(28-17)20-5-4-6-21(15-20)35-2/h4-10,15-16H,11-14H2,1-3H3,(H,29,32). The van der Waals surface area contributed by atoms with E-state index in [-0.39, 0.29) is 5.69 Å². The second-order valence-corrected chi connectivity index (χ2v) is 10.6. The summed E-state index contributed by atoms with van der Waals surface area (Å²) in [5.74, 6) is -0.171. The minimum absolute atomic E-state index is 0.0331. The van der Waals surface area contributed by atoms with E-state index in [0.717, 1.165) is 41.5 Å². The maximum absolute atomic E-state index is 12.9. The van der Waals surface area contributed by atoms with Gasteiger partial charge in [-0.1, -0.05) is 18.2 Å². The molecule has 3 heterocycles. The van der Waals surface area contributed by atoms with Crippen molar-refractivity contribution in [2.75, 3.05) is 44.6 Å². The second kappa shape index (κ2) is 9.83. The molecular formula is C26H27N5O5S. The number of aromatic nitrogens is 3. The van der Waals surface area contributed by atoms with E-state index in [1.807, 2.05) is 60.2 Å². The number of morpholine rings is 1. The lowest BCUT2D eigenvalue weighted by Gasteiger charge is -2.29. The lowest BCUT2D eigenvalue weighted by atomic mass is 10.0. The third-order valence-corrected chi connectivity index (χ3v) is 6.73. The normalized spacial score (nSPS) is 14.1. The summed E-state index contributed by atoms with van der Waals surface area (Å²) in [6, 6.07) is 17.0. The fraction of sp³-hybridized carbons (Fsp3) is 0.269. The fourth-order valence-corrected chi connectivity index (χ4v) is 4.89. The zero-order valence-electron chi connectivity index (χ0n) is 20.8. The molecule has 0 unspecified atom stereocenters. The summed E-state index contributed by atoms with van der Waals surface area (Å²) >= 11 is 0. The van der Waals surface area contributed by atoms with Gasteiger partial charge in [0.15, 0.2) is 5.65 Å². The predicted octanol–water partition coefficient (Wildman–Crippen LogP) is 2.93. The Bertz CT molecular complexity index is 1580. The summed E-state index contributed by atoms with van der Waals surface area (Å²) in [5.41, 5.74) is 4.46. The van der Waals surface area contributed by atoms with Gasteiger partial charge in [-0.25, -0.2) is 22.8 Å². The molecule has 0 saturated carbocycles. The van der Waals surface area contributed by atoms with Crippen LogP contribution in [0.5, 0.6) is 5.75 Å². The largest absolute Gasteiger partial charge is 0.497 e. The summed E-state index contributed by atoms with van der Waals surface area (Å²) in [7, 11) is -2.20. The number of nitrogens with zero attached hydrogens (tertiary/aromatic N) is 4. The minimum Gasteiger partial charge on any atom is -0.497 e. The number of nitrogens with one attached hydrogen (secondary N) is 1. The van der Waals surface area contributed by atoms with Crippen molar-refractivity contribution in [3.8, 4) is 22.6 Å². The molecule has 37 heavy (non-hydrogen) atoms. The van der Waals surface area contributed by atoms with Crippen molar-refractivity contribution in [1.29, 1.82) is 0 Å². The van der Waals surface area contributed by atoms with Crippen molar-refractivity contribution in [2.24, 2.45) is 0 Å². The summed E-state index contributed by atoms with van der Waals surface area (Å²) in [5, 5.41) is 5.48. The van der Waals surface area contributed by atoms with E-state index in [4.69, 9.17) is 14.6 Å². The number of aryl methyl sites for hydroxylation is 1. The van der Waals surface area contributed by atoms with Gasteiger partial charge in [0.25, 0.3) is 5.91 Å². The topological polar surface area (TPSA) is 116 Å². The highest BCUT2D eigenvalue weighted by Crippen LogP contribution is 2.34. The number of sulfonamides is 1. The Balaban J connectivity index is 1.68. The van der Waals surface area contributed by atoms with Crippen molar-refractivity contribution in [2.45, 2.75) is 6.92 Å². The first kappa shape index (κ1) is 24.7. The van der Waals surface area contributed by atoms with Crippen molar-refractivity contribution in [1.82, 2.24) is 19.5 Å². The van der Waals surface area contributed by atoms with Gasteiger partial charge >= 0.3 is 0 Å². The summed E-state index contributed by atoms with van der Waals surface area (Å²) in [6.07, 6.45) is 0.930. The van der Waals surface area contributed by atoms with Gasteiger partial charge in [0.1, 0.15) is 11.4 Å². The lowest BCUT2D eigenvalue weighted by Crippen LogP contribution is -2.36. The molecule has 0 bridgehead atoms. The van der Waals surface area contributed by atoms with Crippen LogP contribution in [-0.2, 0) is 14.8 Å². The number of carbonyl (C=O) groups excluding carboxylic acids is 1. The molecule has 1 amide bonds. The molecule has 2 aromatic heterocycles. The van der Waals surface area contributed by atoms with Crippen LogP contribution in [0.15, 0.2) is 54.6 Å². The molecule has 1 saturated heterocycles. The van der Waals surface area contributed by atoms with Crippen molar-refractivity contribution in [3.05, 3.63) is 66.0 Å². The molecule has 0 radical (unpaired) electrons. The average molecular weight is 522 g/mol. The number of anilines is 1. The smallest absolute Gasteiger partial charge is 0.283 e. The first-order valence-electron chi connectivity index (χ1n) is 11.7. The van der Waals surface area contributed by atoms with E-state index >= 15 is 0 Å². The van der Waals surface area contributed by atoms with Crippen LogP contribution < -0.4 is 14.4 Å². The molecule has 5 rings (SSSR count). The average Bonchev–Trinajstić information content (AvgIpc) is 3.24. The quantitative estimate of drug-likeness (QED) is 0.412. The predicted molar refractivity (Wildman–Crippen MR) is 141 cm³/mol. The first-order valence-corrected chi connectivity index (χ1v) is 13.6. The number of benzene rings is 2. The number of carbonyl (C=O) groups is 1. The van der Waals surface area contributed by atoms with Crippen LogP contribution in [0, 0.1) is 6.92 Å². The van der Waals surface area contributed by atoms with Crippen LogP contribution in [0.25, 0.3) is 27.8 Å². The van der Waals surface area contributed by atoms with E-state index in [9.17, 15) is 13.2 Å². The van der Waals surface area contributed by atoms with Crippen LogP contribution >= 0.6 is 0 Å². The highest BCUT2D eigenvalue weighted by Gasteiger charge is 2.22. The third kappa shape index (κ3) is 5.13. The van der Waals surface area contributed by atoms with Gasteiger partial charge in [-0.2, -0.15) is 5.10 Å². The highest BCUT2D eigenvalue weighted by molar-refractivity contribution is 7.89. The molecule has 1 aliphatic rings. The van der Waals surface area contributed by atoms with Gasteiger partial charge < -0.3 is 14.4 Å². The first-order chi connectivity index (χ1) is 17.7. The summed E-state index contributed by atoms with van der Waals surface area (Å²) in [6.45, 7) is 4.90.